The van der Waals surface area contributed by atoms with Crippen LogP contribution < -0.4 is 14.8 Å². The van der Waals surface area contributed by atoms with Crippen LogP contribution in [0.4, 0.5) is 5.69 Å². The summed E-state index contributed by atoms with van der Waals surface area (Å²) in [6, 6.07) is 27.1. The van der Waals surface area contributed by atoms with Gasteiger partial charge in [0.15, 0.2) is 11.5 Å². The number of pyridine rings is 1. The second-order valence-electron chi connectivity index (χ2n) is 8.14. The number of amides is 1. The maximum atomic E-state index is 13.7. The number of hydrogen-bond acceptors (Lipinski definition) is 4. The molecule has 0 aliphatic rings. The average Bonchev–Trinajstić information content (AvgIpc) is 3.21. The Hall–Kier alpha value is -4.58. The van der Waals surface area contributed by atoms with Crippen molar-refractivity contribution in [1.82, 2.24) is 9.55 Å². The highest BCUT2D eigenvalue weighted by Crippen LogP contribution is 2.35. The third kappa shape index (κ3) is 4.46. The van der Waals surface area contributed by atoms with E-state index in [2.05, 4.69) is 14.9 Å². The second-order valence-corrected chi connectivity index (χ2v) is 8.14. The molecule has 2 heterocycles. The number of benzene rings is 3. The van der Waals surface area contributed by atoms with Crippen LogP contribution in [0, 0.1) is 0 Å². The predicted molar refractivity (Wildman–Crippen MR) is 138 cm³/mol. The lowest BCUT2D eigenvalue weighted by molar-refractivity contribution is 0.102. The number of hydrogen-bond donors (Lipinski definition) is 1. The Kier molecular flexibility index (Phi) is 6.18. The number of aromatic nitrogens is 2. The van der Waals surface area contributed by atoms with E-state index in [1.54, 1.807) is 37.7 Å². The number of nitrogens with zero attached hydrogens (tertiary/aromatic N) is 2. The van der Waals surface area contributed by atoms with Gasteiger partial charge in [0.1, 0.15) is 6.61 Å². The highest BCUT2D eigenvalue weighted by molar-refractivity contribution is 6.17. The fraction of sp³-hybridized carbons (Fsp3) is 0.103. The van der Waals surface area contributed by atoms with Crippen LogP contribution in [-0.4, -0.2) is 22.6 Å². The van der Waals surface area contributed by atoms with Gasteiger partial charge in [-0.2, -0.15) is 0 Å². The molecule has 0 atom stereocenters. The first kappa shape index (κ1) is 22.2. The lowest BCUT2D eigenvalue weighted by atomic mass is 10.0. The highest BCUT2D eigenvalue weighted by Gasteiger charge is 2.22. The Morgan fingerprint density at radius 3 is 2.51 bits per heavy atom. The Morgan fingerprint density at radius 1 is 0.943 bits per heavy atom. The molecule has 2 aromatic heterocycles. The summed E-state index contributed by atoms with van der Waals surface area (Å²) in [6.45, 7) is 0.336. The summed E-state index contributed by atoms with van der Waals surface area (Å²) in [4.78, 5) is 17.8. The van der Waals surface area contributed by atoms with Crippen molar-refractivity contribution >= 4 is 22.5 Å². The van der Waals surface area contributed by atoms with E-state index in [-0.39, 0.29) is 5.91 Å². The molecule has 35 heavy (non-hydrogen) atoms. The number of aryl methyl sites for hydroxylation is 1. The van der Waals surface area contributed by atoms with E-state index in [9.17, 15) is 4.79 Å². The van der Waals surface area contributed by atoms with Gasteiger partial charge in [-0.25, -0.2) is 0 Å². The van der Waals surface area contributed by atoms with E-state index in [0.717, 1.165) is 27.7 Å². The van der Waals surface area contributed by atoms with Gasteiger partial charge in [-0.05, 0) is 29.8 Å². The smallest absolute Gasteiger partial charge is 0.258 e. The third-order valence-electron chi connectivity index (χ3n) is 5.92. The topological polar surface area (TPSA) is 65.4 Å². The van der Waals surface area contributed by atoms with Crippen LogP contribution in [-0.2, 0) is 13.7 Å². The van der Waals surface area contributed by atoms with Gasteiger partial charge in [0.2, 0.25) is 0 Å². The minimum Gasteiger partial charge on any atom is -0.493 e. The maximum Gasteiger partial charge on any atom is 0.258 e. The molecule has 0 bridgehead atoms. The molecule has 0 spiro atoms. The number of methoxy groups -OCH3 is 1. The van der Waals surface area contributed by atoms with Crippen LogP contribution in [0.1, 0.15) is 15.9 Å². The summed E-state index contributed by atoms with van der Waals surface area (Å²) < 4.78 is 13.5. The molecule has 1 N–H and O–H groups in total. The fourth-order valence-corrected chi connectivity index (χ4v) is 4.26. The molecule has 6 heteroatoms. The number of para-hydroxylation sites is 1. The maximum absolute atomic E-state index is 13.7. The Bertz CT molecular complexity index is 1480. The largest absolute Gasteiger partial charge is 0.493 e. The quantitative estimate of drug-likeness (QED) is 0.318. The lowest BCUT2D eigenvalue weighted by Gasteiger charge is -2.14. The molecule has 0 unspecified atom stereocenters. The molecule has 6 nitrogen and oxygen atoms in total. The first-order chi connectivity index (χ1) is 17.2. The average molecular weight is 464 g/mol. The number of anilines is 1. The van der Waals surface area contributed by atoms with E-state index in [1.807, 2.05) is 73.8 Å². The molecule has 5 aromatic rings. The number of carbonyl (C=O) groups excluding carboxylic acids is 1. The second kappa shape index (κ2) is 9.73. The molecular weight excluding hydrogens is 438 g/mol. The third-order valence-corrected chi connectivity index (χ3v) is 5.92. The highest BCUT2D eigenvalue weighted by atomic mass is 16.5. The molecule has 1 amide bonds. The molecule has 0 saturated heterocycles. The summed E-state index contributed by atoms with van der Waals surface area (Å²) in [5.41, 5.74) is 5.02. The van der Waals surface area contributed by atoms with E-state index < -0.39 is 0 Å². The zero-order valence-electron chi connectivity index (χ0n) is 19.6. The summed E-state index contributed by atoms with van der Waals surface area (Å²) in [7, 11) is 3.58. The number of carbonyl (C=O) groups is 1. The van der Waals surface area contributed by atoms with Gasteiger partial charge < -0.3 is 19.4 Å². The molecule has 3 aromatic carbocycles. The molecule has 0 radical (unpaired) electrons. The van der Waals surface area contributed by atoms with Crippen molar-refractivity contribution in [2.75, 3.05) is 12.4 Å². The van der Waals surface area contributed by atoms with Crippen molar-refractivity contribution in [3.8, 4) is 22.8 Å². The normalized spacial score (nSPS) is 10.8. The van der Waals surface area contributed by atoms with Gasteiger partial charge in [-0.1, -0.05) is 54.6 Å². The van der Waals surface area contributed by atoms with Gasteiger partial charge in [0.05, 0.1) is 18.4 Å². The van der Waals surface area contributed by atoms with E-state index >= 15 is 0 Å². The SMILES string of the molecule is COc1ccc(NC(=O)c2c(-c3ccccc3)n(C)c3ccccc23)cc1OCc1cccnc1. The standard InChI is InChI=1S/C29H25N3O3/c1-32-24-13-7-6-12-23(24)27(28(32)21-10-4-3-5-11-21)29(33)31-22-14-15-25(34-2)26(17-22)35-19-20-9-8-16-30-18-20/h3-18H,19H2,1-2H3,(H,31,33). The number of ether oxygens (including phenoxy) is 2. The summed E-state index contributed by atoms with van der Waals surface area (Å²) >= 11 is 0. The molecule has 0 aliphatic carbocycles. The first-order valence-electron chi connectivity index (χ1n) is 11.3. The monoisotopic (exact) mass is 463 g/mol. The van der Waals surface area contributed by atoms with Crippen LogP contribution in [0.5, 0.6) is 11.5 Å². The van der Waals surface area contributed by atoms with E-state index in [0.29, 0.717) is 29.4 Å². The Balaban J connectivity index is 1.49. The van der Waals surface area contributed by atoms with Gasteiger partial charge in [0.25, 0.3) is 5.91 Å². The number of fused-ring (bicyclic) bond motifs is 1. The van der Waals surface area contributed by atoms with Crippen LogP contribution >= 0.6 is 0 Å². The van der Waals surface area contributed by atoms with Crippen molar-refractivity contribution in [3.05, 3.63) is 108 Å². The molecule has 5 rings (SSSR count). The van der Waals surface area contributed by atoms with Crippen molar-refractivity contribution in [1.29, 1.82) is 0 Å². The van der Waals surface area contributed by atoms with Crippen LogP contribution in [0.2, 0.25) is 0 Å². The molecule has 0 aliphatic heterocycles. The Labute approximate surface area is 203 Å². The number of nitrogens with one attached hydrogen (secondary N) is 1. The van der Waals surface area contributed by atoms with E-state index in [1.165, 1.54) is 0 Å². The molecule has 0 fully saturated rings. The van der Waals surface area contributed by atoms with Gasteiger partial charge in [-0.15, -0.1) is 0 Å². The van der Waals surface area contributed by atoms with Crippen molar-refractivity contribution < 1.29 is 14.3 Å². The van der Waals surface area contributed by atoms with Crippen molar-refractivity contribution in [2.45, 2.75) is 6.61 Å². The van der Waals surface area contributed by atoms with Gasteiger partial charge >= 0.3 is 0 Å². The summed E-state index contributed by atoms with van der Waals surface area (Å²) in [5, 5.41) is 3.96. The minimum absolute atomic E-state index is 0.191. The van der Waals surface area contributed by atoms with Crippen LogP contribution in [0.15, 0.2) is 97.3 Å². The van der Waals surface area contributed by atoms with Gasteiger partial charge in [0, 0.05) is 47.7 Å². The summed E-state index contributed by atoms with van der Waals surface area (Å²) in [5.74, 6) is 0.932. The fourth-order valence-electron chi connectivity index (χ4n) is 4.26. The zero-order valence-corrected chi connectivity index (χ0v) is 19.6. The lowest BCUT2D eigenvalue weighted by Crippen LogP contribution is -2.13. The van der Waals surface area contributed by atoms with E-state index in [4.69, 9.17) is 9.47 Å². The Morgan fingerprint density at radius 2 is 1.74 bits per heavy atom. The summed E-state index contributed by atoms with van der Waals surface area (Å²) in [6.07, 6.45) is 3.47. The molecular formula is C29H25N3O3. The predicted octanol–water partition coefficient (Wildman–Crippen LogP) is 6.08. The van der Waals surface area contributed by atoms with Crippen molar-refractivity contribution in [2.24, 2.45) is 7.05 Å². The first-order valence-corrected chi connectivity index (χ1v) is 11.3. The minimum atomic E-state index is -0.191. The van der Waals surface area contributed by atoms with Crippen molar-refractivity contribution in [3.63, 3.8) is 0 Å². The zero-order chi connectivity index (χ0) is 24.2. The molecule has 0 saturated carbocycles. The van der Waals surface area contributed by atoms with Crippen LogP contribution in [0.3, 0.4) is 0 Å². The molecule has 174 valence electrons. The number of rotatable bonds is 7. The van der Waals surface area contributed by atoms with Crippen LogP contribution in [0.25, 0.3) is 22.2 Å². The van der Waals surface area contributed by atoms with Gasteiger partial charge in [-0.3, -0.25) is 9.78 Å².